The molecule has 244 valence electrons. The minimum atomic E-state index is -3.45. The molecular formula is C33H36F3N5O4S. The minimum Gasteiger partial charge on any atom is -0.508 e. The highest BCUT2D eigenvalue weighted by Crippen LogP contribution is 2.42. The van der Waals surface area contributed by atoms with Crippen LogP contribution in [0.1, 0.15) is 38.2 Å². The van der Waals surface area contributed by atoms with E-state index in [0.29, 0.717) is 72.0 Å². The third-order valence-electron chi connectivity index (χ3n) is 9.66. The highest BCUT2D eigenvalue weighted by atomic mass is 32.2. The number of benzene rings is 3. The van der Waals surface area contributed by atoms with E-state index in [1.807, 2.05) is 11.8 Å². The molecule has 3 fully saturated rings. The Kier molecular flexibility index (Phi) is 7.76. The fraction of sp³-hybridized carbons (Fsp3) is 0.455. The van der Waals surface area contributed by atoms with E-state index in [4.69, 9.17) is 9.72 Å². The lowest BCUT2D eigenvalue weighted by Crippen LogP contribution is -2.43. The summed E-state index contributed by atoms with van der Waals surface area (Å²) in [6, 6.07) is 8.68. The number of fused-ring (bicyclic) bond motifs is 3. The molecule has 0 bridgehead atoms. The van der Waals surface area contributed by atoms with Gasteiger partial charge in [0.1, 0.15) is 35.7 Å². The van der Waals surface area contributed by atoms with Gasteiger partial charge in [0.05, 0.1) is 11.8 Å². The number of ether oxygens (including phenoxy) is 1. The number of alkyl halides is 1. The molecule has 13 heteroatoms. The van der Waals surface area contributed by atoms with Gasteiger partial charge in [-0.1, -0.05) is 19.1 Å². The zero-order chi connectivity index (χ0) is 32.4. The Morgan fingerprint density at radius 2 is 1.93 bits per heavy atom. The summed E-state index contributed by atoms with van der Waals surface area (Å²) < 4.78 is 78.9. The first-order valence-electron chi connectivity index (χ1n) is 15.6. The third kappa shape index (κ3) is 5.51. The summed E-state index contributed by atoms with van der Waals surface area (Å²) >= 11 is 0. The van der Waals surface area contributed by atoms with E-state index >= 15 is 4.39 Å². The van der Waals surface area contributed by atoms with Crippen molar-refractivity contribution in [1.82, 2.24) is 19.6 Å². The quantitative estimate of drug-likeness (QED) is 0.271. The minimum absolute atomic E-state index is 0.0291. The van der Waals surface area contributed by atoms with Crippen LogP contribution in [0.5, 0.6) is 11.8 Å². The fourth-order valence-corrected chi connectivity index (χ4v) is 8.49. The topological polar surface area (TPSA) is 108 Å². The van der Waals surface area contributed by atoms with Crippen molar-refractivity contribution in [1.29, 1.82) is 0 Å². The first kappa shape index (κ1) is 30.9. The Labute approximate surface area is 265 Å². The summed E-state index contributed by atoms with van der Waals surface area (Å²) in [6.07, 6.45) is 3.09. The Morgan fingerprint density at radius 1 is 1.11 bits per heavy atom. The Balaban J connectivity index is 1.35. The van der Waals surface area contributed by atoms with Crippen molar-refractivity contribution in [2.24, 2.45) is 0 Å². The number of anilines is 1. The molecule has 3 aliphatic rings. The lowest BCUT2D eigenvalue weighted by molar-refractivity contribution is 0.107. The summed E-state index contributed by atoms with van der Waals surface area (Å²) in [5.41, 5.74) is 0.353. The monoisotopic (exact) mass is 655 g/mol. The van der Waals surface area contributed by atoms with Gasteiger partial charge in [-0.25, -0.2) is 26.3 Å². The molecule has 1 unspecified atom stereocenters. The predicted octanol–water partition coefficient (Wildman–Crippen LogP) is 5.08. The van der Waals surface area contributed by atoms with Crippen LogP contribution in [0, 0.1) is 11.6 Å². The van der Waals surface area contributed by atoms with Crippen molar-refractivity contribution in [2.45, 2.75) is 56.8 Å². The first-order valence-corrected chi connectivity index (χ1v) is 17.5. The second-order valence-corrected chi connectivity index (χ2v) is 14.6. The molecule has 3 aliphatic heterocycles. The van der Waals surface area contributed by atoms with Gasteiger partial charge in [-0.05, 0) is 78.4 Å². The van der Waals surface area contributed by atoms with Gasteiger partial charge >= 0.3 is 6.01 Å². The van der Waals surface area contributed by atoms with E-state index in [0.717, 1.165) is 25.6 Å². The Hall–Kier alpha value is -3.68. The van der Waals surface area contributed by atoms with Gasteiger partial charge in [-0.3, -0.25) is 4.90 Å². The molecule has 4 aromatic rings. The zero-order valence-corrected chi connectivity index (χ0v) is 26.5. The van der Waals surface area contributed by atoms with Crippen molar-refractivity contribution in [2.75, 3.05) is 43.9 Å². The molecule has 9 nitrogen and oxygen atoms in total. The van der Waals surface area contributed by atoms with E-state index < -0.39 is 33.4 Å². The van der Waals surface area contributed by atoms with Gasteiger partial charge in [-0.15, -0.1) is 0 Å². The Morgan fingerprint density at radius 3 is 2.72 bits per heavy atom. The summed E-state index contributed by atoms with van der Waals surface area (Å²) in [7, 11) is -3.45. The van der Waals surface area contributed by atoms with Crippen LogP contribution in [-0.4, -0.2) is 85.2 Å². The normalized spacial score (nSPS) is 23.5. The summed E-state index contributed by atoms with van der Waals surface area (Å²) in [4.78, 5) is 13.2. The van der Waals surface area contributed by atoms with Crippen LogP contribution >= 0.6 is 0 Å². The number of phenolic OH excluding ortho intramolecular Hbond substituents is 1. The number of nitrogens with one attached hydrogen (secondary N) is 1. The van der Waals surface area contributed by atoms with E-state index in [9.17, 15) is 22.3 Å². The molecule has 0 amide bonds. The molecule has 7 rings (SSSR count). The lowest BCUT2D eigenvalue weighted by atomic mass is 9.92. The number of hydrogen-bond acceptors (Lipinski definition) is 8. The zero-order valence-electron chi connectivity index (χ0n) is 25.7. The number of aromatic hydroxyl groups is 1. The third-order valence-corrected chi connectivity index (χ3v) is 10.4. The van der Waals surface area contributed by atoms with Crippen LogP contribution in [0.15, 0.2) is 36.4 Å². The number of aromatic nitrogens is 2. The maximum atomic E-state index is 16.8. The van der Waals surface area contributed by atoms with Crippen LogP contribution < -0.4 is 14.4 Å². The number of rotatable bonds is 8. The van der Waals surface area contributed by atoms with Gasteiger partial charge in [0.15, 0.2) is 5.82 Å². The van der Waals surface area contributed by atoms with Gasteiger partial charge < -0.3 is 14.7 Å². The molecule has 4 heterocycles. The highest BCUT2D eigenvalue weighted by Gasteiger charge is 2.49. The summed E-state index contributed by atoms with van der Waals surface area (Å²) in [5, 5.41) is 12.0. The van der Waals surface area contributed by atoms with Crippen molar-refractivity contribution in [3.05, 3.63) is 53.6 Å². The SMILES string of the molecule is CCc1c(F)ccc2cc(O)cc(-c3ccc4c(N5CCC(NS(C)(=O)=O)C5)nc(OC[C@@]56CCCN5C[C@H](F)C6)nc4c3F)c12. The lowest BCUT2D eigenvalue weighted by Gasteiger charge is -2.31. The number of hydrogen-bond donors (Lipinski definition) is 2. The molecule has 1 aromatic heterocycles. The smallest absolute Gasteiger partial charge is 0.319 e. The molecule has 0 radical (unpaired) electrons. The molecule has 3 atom stereocenters. The van der Waals surface area contributed by atoms with Crippen LogP contribution in [0.4, 0.5) is 19.0 Å². The Bertz CT molecular complexity index is 1960. The van der Waals surface area contributed by atoms with E-state index in [-0.39, 0.29) is 35.5 Å². The maximum absolute atomic E-state index is 16.8. The standard InChI is InChI=1S/C33H36F3N5O4S/c1-3-23-27(35)8-5-19-13-22(42)14-26(28(19)23)24-6-7-25-30(29(24)36)37-32(45-18-33-10-4-11-41(33)16-20(34)15-33)38-31(25)40-12-9-21(17-40)39-46(2,43)44/h5-8,13-14,20-21,39,42H,3-4,9-12,15-18H2,1-2H3/t20-,21?,33+/m1/s1. The van der Waals surface area contributed by atoms with Gasteiger partial charge in [0, 0.05) is 43.0 Å². The number of nitrogens with zero attached hydrogens (tertiary/aromatic N) is 4. The number of sulfonamides is 1. The molecule has 0 aliphatic carbocycles. The molecule has 3 aromatic carbocycles. The molecule has 0 saturated carbocycles. The summed E-state index contributed by atoms with van der Waals surface area (Å²) in [6.45, 7) is 3.86. The molecule has 46 heavy (non-hydrogen) atoms. The van der Waals surface area contributed by atoms with Gasteiger partial charge in [-0.2, -0.15) is 9.97 Å². The highest BCUT2D eigenvalue weighted by molar-refractivity contribution is 7.88. The van der Waals surface area contributed by atoms with Crippen LogP contribution in [0.2, 0.25) is 0 Å². The maximum Gasteiger partial charge on any atom is 0.319 e. The number of halogens is 3. The molecule has 0 spiro atoms. The van der Waals surface area contributed by atoms with Gasteiger partial charge in [0.25, 0.3) is 0 Å². The molecule has 3 saturated heterocycles. The first-order chi connectivity index (χ1) is 21.9. The molecule has 2 N–H and O–H groups in total. The number of aryl methyl sites for hydroxylation is 1. The fourth-order valence-electron chi connectivity index (χ4n) is 7.70. The molecular weight excluding hydrogens is 619 g/mol. The van der Waals surface area contributed by atoms with E-state index in [1.54, 1.807) is 18.2 Å². The van der Waals surface area contributed by atoms with Crippen molar-refractivity contribution in [3.8, 4) is 22.9 Å². The van der Waals surface area contributed by atoms with Crippen LogP contribution in [0.3, 0.4) is 0 Å². The van der Waals surface area contributed by atoms with Crippen molar-refractivity contribution < 1.29 is 31.4 Å². The summed E-state index contributed by atoms with van der Waals surface area (Å²) in [5.74, 6) is -0.815. The van der Waals surface area contributed by atoms with E-state index in [2.05, 4.69) is 14.6 Å². The van der Waals surface area contributed by atoms with Crippen LogP contribution in [0.25, 0.3) is 32.8 Å². The average molecular weight is 656 g/mol. The average Bonchev–Trinajstić information content (AvgIpc) is 3.69. The van der Waals surface area contributed by atoms with Crippen LogP contribution in [-0.2, 0) is 16.4 Å². The van der Waals surface area contributed by atoms with Gasteiger partial charge in [0.2, 0.25) is 10.0 Å². The van der Waals surface area contributed by atoms with Crippen molar-refractivity contribution >= 4 is 37.5 Å². The largest absolute Gasteiger partial charge is 0.508 e. The van der Waals surface area contributed by atoms with Crippen molar-refractivity contribution in [3.63, 3.8) is 0 Å². The van der Waals surface area contributed by atoms with E-state index in [1.165, 1.54) is 18.2 Å². The second kappa shape index (κ2) is 11.5. The number of phenols is 1. The predicted molar refractivity (Wildman–Crippen MR) is 171 cm³/mol. The second-order valence-electron chi connectivity index (χ2n) is 12.8.